The van der Waals surface area contributed by atoms with Gasteiger partial charge in [0.15, 0.2) is 17.8 Å². The van der Waals surface area contributed by atoms with Gasteiger partial charge < -0.3 is 14.4 Å². The van der Waals surface area contributed by atoms with Crippen molar-refractivity contribution < 1.29 is 19.1 Å². The Kier molecular flexibility index (Phi) is 4.93. The van der Waals surface area contributed by atoms with Gasteiger partial charge in [-0.25, -0.2) is 4.98 Å². The fraction of sp³-hybridized carbons (Fsp3) is 0.312. The van der Waals surface area contributed by atoms with Gasteiger partial charge in [0.2, 0.25) is 0 Å². The smallest absolute Gasteiger partial charge is 0.305 e. The molecule has 0 atom stereocenters. The van der Waals surface area contributed by atoms with E-state index in [4.69, 9.17) is 9.52 Å². The van der Waals surface area contributed by atoms with Crippen molar-refractivity contribution in [3.63, 3.8) is 0 Å². The third-order valence-corrected chi connectivity index (χ3v) is 3.35. The van der Waals surface area contributed by atoms with Gasteiger partial charge in [-0.2, -0.15) is 0 Å². The zero-order valence-corrected chi connectivity index (χ0v) is 12.6. The number of carbonyl (C=O) groups excluding carboxylic acids is 1. The molecule has 2 aromatic rings. The minimum absolute atomic E-state index is 0.0999. The molecule has 6 heteroatoms. The number of aromatic nitrogens is 1. The van der Waals surface area contributed by atoms with Crippen molar-refractivity contribution in [2.75, 3.05) is 13.1 Å². The second kappa shape index (κ2) is 6.89. The first-order valence-corrected chi connectivity index (χ1v) is 7.04. The van der Waals surface area contributed by atoms with Crippen molar-refractivity contribution >= 4 is 11.9 Å². The normalized spacial score (nSPS) is 10.5. The molecule has 0 unspecified atom stereocenters. The van der Waals surface area contributed by atoms with Gasteiger partial charge in [-0.1, -0.05) is 29.8 Å². The first-order chi connectivity index (χ1) is 10.5. The van der Waals surface area contributed by atoms with Crippen molar-refractivity contribution in [3.05, 3.63) is 41.9 Å². The summed E-state index contributed by atoms with van der Waals surface area (Å²) in [4.78, 5) is 28.7. The summed E-state index contributed by atoms with van der Waals surface area (Å²) in [5.74, 6) is -0.864. The number of rotatable bonds is 6. The van der Waals surface area contributed by atoms with Crippen LogP contribution in [0.3, 0.4) is 0 Å². The number of benzene rings is 1. The van der Waals surface area contributed by atoms with E-state index in [0.717, 1.165) is 11.1 Å². The third kappa shape index (κ3) is 3.52. The standard InChI is InChI=1S/C16H18N2O4/c1-3-18(9-8-13(19)20)16(21)14-15(22-10-17-14)12-6-4-11(2)5-7-12/h4-7,10H,3,8-9H2,1-2H3,(H,19,20). The highest BCUT2D eigenvalue weighted by molar-refractivity contribution is 5.97. The molecule has 2 rings (SSSR count). The van der Waals surface area contributed by atoms with Crippen LogP contribution in [0.25, 0.3) is 11.3 Å². The Labute approximate surface area is 128 Å². The molecule has 0 saturated heterocycles. The van der Waals surface area contributed by atoms with Gasteiger partial charge in [0.1, 0.15) is 0 Å². The van der Waals surface area contributed by atoms with E-state index in [2.05, 4.69) is 4.98 Å². The van der Waals surface area contributed by atoms with E-state index in [1.54, 1.807) is 6.92 Å². The number of aliphatic carboxylic acids is 1. The van der Waals surface area contributed by atoms with Crippen LogP contribution in [0.2, 0.25) is 0 Å². The summed E-state index contributed by atoms with van der Waals surface area (Å²) < 4.78 is 5.36. The number of carboxylic acid groups (broad SMARTS) is 1. The molecule has 0 aliphatic heterocycles. The Bertz CT molecular complexity index is 661. The Balaban J connectivity index is 2.25. The van der Waals surface area contributed by atoms with Gasteiger partial charge in [-0.05, 0) is 13.8 Å². The van der Waals surface area contributed by atoms with Gasteiger partial charge in [-0.3, -0.25) is 9.59 Å². The van der Waals surface area contributed by atoms with E-state index in [1.807, 2.05) is 31.2 Å². The molecule has 116 valence electrons. The summed E-state index contributed by atoms with van der Waals surface area (Å²) >= 11 is 0. The van der Waals surface area contributed by atoms with Crippen LogP contribution >= 0.6 is 0 Å². The molecule has 1 heterocycles. The molecule has 6 nitrogen and oxygen atoms in total. The highest BCUT2D eigenvalue weighted by Gasteiger charge is 2.23. The van der Waals surface area contributed by atoms with Crippen LogP contribution in [0.4, 0.5) is 0 Å². The maximum Gasteiger partial charge on any atom is 0.305 e. The van der Waals surface area contributed by atoms with Gasteiger partial charge in [0, 0.05) is 18.7 Å². The van der Waals surface area contributed by atoms with E-state index in [-0.39, 0.29) is 24.6 Å². The molecule has 0 bridgehead atoms. The lowest BCUT2D eigenvalue weighted by molar-refractivity contribution is -0.137. The number of hydrogen-bond acceptors (Lipinski definition) is 4. The van der Waals surface area contributed by atoms with E-state index in [0.29, 0.717) is 12.3 Å². The second-order valence-electron chi connectivity index (χ2n) is 4.92. The number of aryl methyl sites for hydroxylation is 1. The monoisotopic (exact) mass is 302 g/mol. The average molecular weight is 302 g/mol. The fourth-order valence-electron chi connectivity index (χ4n) is 2.09. The van der Waals surface area contributed by atoms with Crippen LogP contribution in [0.1, 0.15) is 29.4 Å². The number of carbonyl (C=O) groups is 2. The van der Waals surface area contributed by atoms with E-state index in [9.17, 15) is 9.59 Å². The number of nitrogens with zero attached hydrogens (tertiary/aromatic N) is 2. The van der Waals surface area contributed by atoms with Crippen LogP contribution in [-0.4, -0.2) is 40.0 Å². The predicted octanol–water partition coefficient (Wildman–Crippen LogP) is 2.59. The highest BCUT2D eigenvalue weighted by atomic mass is 16.4. The van der Waals surface area contributed by atoms with Crippen LogP contribution in [0, 0.1) is 6.92 Å². The SMILES string of the molecule is CCN(CCC(=O)O)C(=O)c1ncoc1-c1ccc(C)cc1. The van der Waals surface area contributed by atoms with Gasteiger partial charge in [0.25, 0.3) is 5.91 Å². The Morgan fingerprint density at radius 2 is 1.95 bits per heavy atom. The van der Waals surface area contributed by atoms with E-state index in [1.165, 1.54) is 11.3 Å². The number of hydrogen-bond donors (Lipinski definition) is 1. The molecule has 1 N–H and O–H groups in total. The number of oxazole rings is 1. The second-order valence-corrected chi connectivity index (χ2v) is 4.92. The van der Waals surface area contributed by atoms with E-state index < -0.39 is 5.97 Å². The highest BCUT2D eigenvalue weighted by Crippen LogP contribution is 2.24. The molecule has 1 aromatic carbocycles. The van der Waals surface area contributed by atoms with Gasteiger partial charge in [-0.15, -0.1) is 0 Å². The minimum Gasteiger partial charge on any atom is -0.481 e. The molecule has 0 saturated carbocycles. The molecule has 0 spiro atoms. The lowest BCUT2D eigenvalue weighted by Gasteiger charge is -2.19. The molecular formula is C16H18N2O4. The van der Waals surface area contributed by atoms with Gasteiger partial charge >= 0.3 is 5.97 Å². The van der Waals surface area contributed by atoms with Crippen molar-refractivity contribution in [1.82, 2.24) is 9.88 Å². The largest absolute Gasteiger partial charge is 0.481 e. The van der Waals surface area contributed by atoms with Crippen LogP contribution in [-0.2, 0) is 4.79 Å². The van der Waals surface area contributed by atoms with Crippen molar-refractivity contribution in [1.29, 1.82) is 0 Å². The molecular weight excluding hydrogens is 284 g/mol. The summed E-state index contributed by atoms with van der Waals surface area (Å²) in [6, 6.07) is 7.57. The molecule has 0 aliphatic rings. The van der Waals surface area contributed by atoms with Crippen LogP contribution in [0.15, 0.2) is 35.1 Å². The first-order valence-electron chi connectivity index (χ1n) is 7.04. The zero-order chi connectivity index (χ0) is 16.1. The minimum atomic E-state index is -0.940. The Hall–Kier alpha value is -2.63. The predicted molar refractivity (Wildman–Crippen MR) is 80.5 cm³/mol. The number of amides is 1. The lowest BCUT2D eigenvalue weighted by Crippen LogP contribution is -2.33. The van der Waals surface area contributed by atoms with E-state index >= 15 is 0 Å². The maximum absolute atomic E-state index is 12.5. The first kappa shape index (κ1) is 15.8. The Morgan fingerprint density at radius 1 is 1.27 bits per heavy atom. The van der Waals surface area contributed by atoms with Crippen molar-refractivity contribution in [3.8, 4) is 11.3 Å². The molecule has 22 heavy (non-hydrogen) atoms. The topological polar surface area (TPSA) is 83.6 Å². The van der Waals surface area contributed by atoms with Crippen LogP contribution < -0.4 is 0 Å². The van der Waals surface area contributed by atoms with Gasteiger partial charge in [0.05, 0.1) is 6.42 Å². The summed E-state index contributed by atoms with van der Waals surface area (Å²) in [7, 11) is 0. The molecule has 0 radical (unpaired) electrons. The zero-order valence-electron chi connectivity index (χ0n) is 12.6. The summed E-state index contributed by atoms with van der Waals surface area (Å²) in [6.45, 7) is 4.32. The van der Waals surface area contributed by atoms with Crippen molar-refractivity contribution in [2.45, 2.75) is 20.3 Å². The average Bonchev–Trinajstić information content (AvgIpc) is 2.97. The van der Waals surface area contributed by atoms with Crippen molar-refractivity contribution in [2.24, 2.45) is 0 Å². The third-order valence-electron chi connectivity index (χ3n) is 3.35. The molecule has 0 aliphatic carbocycles. The number of carboxylic acids is 1. The molecule has 1 amide bonds. The summed E-state index contributed by atoms with van der Waals surface area (Å²) in [5, 5.41) is 8.76. The maximum atomic E-state index is 12.5. The summed E-state index contributed by atoms with van der Waals surface area (Å²) in [6.07, 6.45) is 1.13. The van der Waals surface area contributed by atoms with Crippen LogP contribution in [0.5, 0.6) is 0 Å². The fourth-order valence-corrected chi connectivity index (χ4v) is 2.09. The quantitative estimate of drug-likeness (QED) is 0.886. The molecule has 0 fully saturated rings. The lowest BCUT2D eigenvalue weighted by atomic mass is 10.1. The molecule has 1 aromatic heterocycles. The Morgan fingerprint density at radius 3 is 2.55 bits per heavy atom. The summed E-state index contributed by atoms with van der Waals surface area (Å²) in [5.41, 5.74) is 2.07.